The topological polar surface area (TPSA) is 17.1 Å². The maximum absolute atomic E-state index is 12.2. The van der Waals surface area contributed by atoms with Crippen LogP contribution < -0.4 is 0 Å². The normalized spacial score (nSPS) is 31.7. The van der Waals surface area contributed by atoms with Crippen molar-refractivity contribution < 1.29 is 4.79 Å². The van der Waals surface area contributed by atoms with E-state index in [1.165, 1.54) is 29.5 Å². The molecule has 0 amide bonds. The fourth-order valence-electron chi connectivity index (χ4n) is 4.65. The molecule has 1 nitrogen and oxygen atoms in total. The van der Waals surface area contributed by atoms with Gasteiger partial charge >= 0.3 is 0 Å². The van der Waals surface area contributed by atoms with Crippen LogP contribution in [-0.4, -0.2) is 5.78 Å². The van der Waals surface area contributed by atoms with E-state index in [-0.39, 0.29) is 5.41 Å². The van der Waals surface area contributed by atoms with Crippen molar-refractivity contribution in [3.8, 4) is 0 Å². The van der Waals surface area contributed by atoms with E-state index in [1.54, 1.807) is 5.57 Å². The lowest BCUT2D eigenvalue weighted by Gasteiger charge is -2.41. The summed E-state index contributed by atoms with van der Waals surface area (Å²) in [4.78, 5) is 12.2. The molecule has 1 heteroatoms. The highest BCUT2D eigenvalue weighted by atomic mass is 16.1. The number of carbonyl (C=O) groups excluding carboxylic acids is 1. The smallest absolute Gasteiger partial charge is 0.138 e. The number of aryl methyl sites for hydroxylation is 1. The number of ketones is 1. The van der Waals surface area contributed by atoms with Gasteiger partial charge in [0.1, 0.15) is 5.78 Å². The fourth-order valence-corrected chi connectivity index (χ4v) is 4.65. The van der Waals surface area contributed by atoms with Gasteiger partial charge in [0.25, 0.3) is 0 Å². The molecule has 0 aliphatic heterocycles. The highest BCUT2D eigenvalue weighted by Gasteiger charge is 2.51. The first-order chi connectivity index (χ1) is 9.21. The molecule has 2 unspecified atom stereocenters. The molecule has 1 aromatic carbocycles. The number of benzene rings is 1. The Bertz CT molecular complexity index is 596. The molecular weight excluding hydrogens is 232 g/mol. The number of fused-ring (bicyclic) bond motifs is 5. The van der Waals surface area contributed by atoms with Gasteiger partial charge in [0, 0.05) is 18.3 Å². The lowest BCUT2D eigenvalue weighted by molar-refractivity contribution is -0.120. The minimum Gasteiger partial charge on any atom is -0.299 e. The molecule has 98 valence electrons. The van der Waals surface area contributed by atoms with Gasteiger partial charge in [-0.05, 0) is 48.3 Å². The zero-order valence-corrected chi connectivity index (χ0v) is 11.5. The molecule has 0 radical (unpaired) electrons. The van der Waals surface area contributed by atoms with Gasteiger partial charge in [-0.3, -0.25) is 4.79 Å². The van der Waals surface area contributed by atoms with E-state index in [0.29, 0.717) is 18.1 Å². The minimum atomic E-state index is 0.168. The summed E-state index contributed by atoms with van der Waals surface area (Å²) in [7, 11) is 0. The monoisotopic (exact) mass is 252 g/mol. The first-order valence-electron chi connectivity index (χ1n) is 7.53. The van der Waals surface area contributed by atoms with Crippen LogP contribution in [0.1, 0.15) is 49.3 Å². The van der Waals surface area contributed by atoms with E-state index in [0.717, 1.165) is 19.3 Å². The molecule has 2 bridgehead atoms. The average Bonchev–Trinajstić information content (AvgIpc) is 2.98. The maximum atomic E-state index is 12.2. The Hall–Kier alpha value is -1.37. The van der Waals surface area contributed by atoms with Crippen LogP contribution in [0.2, 0.25) is 0 Å². The molecule has 0 aromatic heterocycles. The van der Waals surface area contributed by atoms with Crippen LogP contribution in [-0.2, 0) is 23.1 Å². The van der Waals surface area contributed by atoms with Crippen molar-refractivity contribution in [2.24, 2.45) is 5.92 Å². The zero-order chi connectivity index (χ0) is 13.0. The first kappa shape index (κ1) is 11.5. The number of allylic oxidation sites excluding steroid dienone is 2. The molecule has 19 heavy (non-hydrogen) atoms. The number of carbonyl (C=O) groups is 1. The molecular formula is C18H20O. The van der Waals surface area contributed by atoms with Crippen LogP contribution in [0.4, 0.5) is 0 Å². The number of hydrogen-bond donors (Lipinski definition) is 0. The third-order valence-corrected chi connectivity index (χ3v) is 5.54. The van der Waals surface area contributed by atoms with Gasteiger partial charge in [0.2, 0.25) is 0 Å². The third-order valence-electron chi connectivity index (χ3n) is 5.54. The molecule has 3 aliphatic rings. The molecule has 1 saturated carbocycles. The molecule has 4 rings (SSSR count). The summed E-state index contributed by atoms with van der Waals surface area (Å²) in [6.45, 7) is 2.19. The summed E-state index contributed by atoms with van der Waals surface area (Å²) in [5.74, 6) is 1.15. The SMILES string of the molecule is CCc1ccc2c(c1)CC(=O)CC21CC2=CCC1C2. The molecule has 1 fully saturated rings. The summed E-state index contributed by atoms with van der Waals surface area (Å²) in [6, 6.07) is 6.90. The van der Waals surface area contributed by atoms with Crippen LogP contribution >= 0.6 is 0 Å². The maximum Gasteiger partial charge on any atom is 0.138 e. The zero-order valence-electron chi connectivity index (χ0n) is 11.5. The summed E-state index contributed by atoms with van der Waals surface area (Å²) in [5.41, 5.74) is 5.96. The van der Waals surface area contributed by atoms with Crippen molar-refractivity contribution in [1.82, 2.24) is 0 Å². The second-order valence-corrected chi connectivity index (χ2v) is 6.57. The van der Waals surface area contributed by atoms with Gasteiger partial charge in [-0.2, -0.15) is 0 Å². The minimum absolute atomic E-state index is 0.168. The second-order valence-electron chi connectivity index (χ2n) is 6.57. The summed E-state index contributed by atoms with van der Waals surface area (Å²) >= 11 is 0. The van der Waals surface area contributed by atoms with E-state index in [2.05, 4.69) is 31.2 Å². The van der Waals surface area contributed by atoms with Gasteiger partial charge in [0.15, 0.2) is 0 Å². The lowest BCUT2D eigenvalue weighted by atomic mass is 9.62. The largest absolute Gasteiger partial charge is 0.299 e. The average molecular weight is 252 g/mol. The Morgan fingerprint density at radius 2 is 2.21 bits per heavy atom. The van der Waals surface area contributed by atoms with Gasteiger partial charge in [-0.15, -0.1) is 0 Å². The highest BCUT2D eigenvalue weighted by Crippen LogP contribution is 2.58. The van der Waals surface area contributed by atoms with Gasteiger partial charge < -0.3 is 0 Å². The van der Waals surface area contributed by atoms with E-state index >= 15 is 0 Å². The van der Waals surface area contributed by atoms with Gasteiger partial charge in [0.05, 0.1) is 0 Å². The predicted molar refractivity (Wildman–Crippen MR) is 76.3 cm³/mol. The van der Waals surface area contributed by atoms with Crippen molar-refractivity contribution in [3.05, 3.63) is 46.5 Å². The quantitative estimate of drug-likeness (QED) is 0.696. The molecule has 1 spiro atoms. The molecule has 2 atom stereocenters. The number of Topliss-reactive ketones (excluding diaryl/α,β-unsaturated/α-hetero) is 1. The van der Waals surface area contributed by atoms with Gasteiger partial charge in [-0.25, -0.2) is 0 Å². The third kappa shape index (κ3) is 1.51. The standard InChI is InChI=1S/C18H20O/c1-2-12-4-6-17-14(7-12)9-16(19)11-18(17)10-13-3-5-15(18)8-13/h3-4,6-7,15H,2,5,8-11H2,1H3. The van der Waals surface area contributed by atoms with Crippen molar-refractivity contribution in [2.75, 3.05) is 0 Å². The Balaban J connectivity index is 1.88. The van der Waals surface area contributed by atoms with Crippen molar-refractivity contribution >= 4 is 5.78 Å². The van der Waals surface area contributed by atoms with E-state index < -0.39 is 0 Å². The molecule has 0 N–H and O–H groups in total. The van der Waals surface area contributed by atoms with Crippen LogP contribution in [0.5, 0.6) is 0 Å². The fraction of sp³-hybridized carbons (Fsp3) is 0.500. The van der Waals surface area contributed by atoms with Crippen molar-refractivity contribution in [3.63, 3.8) is 0 Å². The van der Waals surface area contributed by atoms with Crippen LogP contribution in [0.3, 0.4) is 0 Å². The van der Waals surface area contributed by atoms with Gasteiger partial charge in [-0.1, -0.05) is 36.8 Å². The number of hydrogen-bond acceptors (Lipinski definition) is 1. The Morgan fingerprint density at radius 3 is 2.89 bits per heavy atom. The molecule has 1 aromatic rings. The molecule has 3 aliphatic carbocycles. The lowest BCUT2D eigenvalue weighted by Crippen LogP contribution is -2.39. The number of rotatable bonds is 1. The van der Waals surface area contributed by atoms with E-state index in [1.807, 2.05) is 0 Å². The molecule has 0 saturated heterocycles. The Kier molecular flexibility index (Phi) is 2.30. The van der Waals surface area contributed by atoms with E-state index in [4.69, 9.17) is 0 Å². The Morgan fingerprint density at radius 1 is 1.32 bits per heavy atom. The Labute approximate surface area is 114 Å². The summed E-state index contributed by atoms with van der Waals surface area (Å²) in [6.07, 6.45) is 8.49. The summed E-state index contributed by atoms with van der Waals surface area (Å²) in [5, 5.41) is 0. The molecule has 0 heterocycles. The predicted octanol–water partition coefficient (Wildman–Crippen LogP) is 3.74. The highest BCUT2D eigenvalue weighted by molar-refractivity contribution is 5.85. The van der Waals surface area contributed by atoms with Crippen LogP contribution in [0.15, 0.2) is 29.8 Å². The van der Waals surface area contributed by atoms with E-state index in [9.17, 15) is 4.79 Å². The van der Waals surface area contributed by atoms with Crippen LogP contribution in [0, 0.1) is 5.92 Å². The van der Waals surface area contributed by atoms with Crippen LogP contribution in [0.25, 0.3) is 0 Å². The summed E-state index contributed by atoms with van der Waals surface area (Å²) < 4.78 is 0. The van der Waals surface area contributed by atoms with Crippen molar-refractivity contribution in [2.45, 2.75) is 50.9 Å². The first-order valence-corrected chi connectivity index (χ1v) is 7.53. The van der Waals surface area contributed by atoms with Crippen molar-refractivity contribution in [1.29, 1.82) is 0 Å². The second kappa shape index (κ2) is 3.82.